The van der Waals surface area contributed by atoms with Crippen LogP contribution in [0.15, 0.2) is 60.0 Å². The van der Waals surface area contributed by atoms with E-state index in [1.54, 1.807) is 11.0 Å². The van der Waals surface area contributed by atoms with Crippen molar-refractivity contribution in [3.63, 3.8) is 0 Å². The van der Waals surface area contributed by atoms with Crippen molar-refractivity contribution in [2.24, 2.45) is 0 Å². The highest BCUT2D eigenvalue weighted by Crippen LogP contribution is 2.32. The van der Waals surface area contributed by atoms with E-state index in [0.717, 1.165) is 23.5 Å². The fourth-order valence-electron chi connectivity index (χ4n) is 2.91. The molecule has 1 aliphatic rings. The van der Waals surface area contributed by atoms with E-state index in [4.69, 9.17) is 21.7 Å². The van der Waals surface area contributed by atoms with E-state index in [1.165, 1.54) is 22.9 Å². The lowest BCUT2D eigenvalue weighted by Crippen LogP contribution is -2.27. The van der Waals surface area contributed by atoms with Gasteiger partial charge in [-0.1, -0.05) is 54.3 Å². The molecule has 1 aliphatic heterocycles. The largest absolute Gasteiger partial charge is 0.493 e. The van der Waals surface area contributed by atoms with Crippen LogP contribution in [0.5, 0.6) is 11.5 Å². The summed E-state index contributed by atoms with van der Waals surface area (Å²) < 4.78 is 12.2. The predicted octanol–water partition coefficient (Wildman–Crippen LogP) is 5.54. The van der Waals surface area contributed by atoms with Crippen molar-refractivity contribution in [2.75, 3.05) is 19.8 Å². The van der Waals surface area contributed by atoms with Crippen LogP contribution < -0.4 is 9.47 Å². The Kier molecular flexibility index (Phi) is 7.71. The minimum absolute atomic E-state index is 0.0749. The van der Waals surface area contributed by atoms with Gasteiger partial charge in [0.25, 0.3) is 5.91 Å². The van der Waals surface area contributed by atoms with Gasteiger partial charge in [0, 0.05) is 13.0 Å². The van der Waals surface area contributed by atoms with Crippen LogP contribution in [0.3, 0.4) is 0 Å². The first kappa shape index (κ1) is 22.1. The van der Waals surface area contributed by atoms with E-state index >= 15 is 0 Å². The van der Waals surface area contributed by atoms with Crippen LogP contribution in [0, 0.1) is 13.8 Å². The molecule has 0 spiro atoms. The molecule has 0 bridgehead atoms. The second-order valence-electron chi connectivity index (χ2n) is 6.90. The molecule has 0 atom stereocenters. The van der Waals surface area contributed by atoms with Crippen molar-refractivity contribution in [1.82, 2.24) is 4.90 Å². The molecule has 3 rings (SSSR count). The third-order valence-electron chi connectivity index (χ3n) is 4.73. The molecule has 0 aromatic heterocycles. The number of hydrogen-bond acceptors (Lipinski definition) is 5. The number of carbonyl (C=O) groups is 1. The Balaban J connectivity index is 1.47. The minimum atomic E-state index is -0.0749. The third-order valence-corrected chi connectivity index (χ3v) is 6.11. The Morgan fingerprint density at radius 2 is 1.83 bits per heavy atom. The van der Waals surface area contributed by atoms with Crippen molar-refractivity contribution in [1.29, 1.82) is 0 Å². The molecule has 1 heterocycles. The summed E-state index contributed by atoms with van der Waals surface area (Å²) in [6.45, 7) is 9.43. The smallest absolute Gasteiger partial charge is 0.266 e. The van der Waals surface area contributed by atoms with Crippen molar-refractivity contribution in [3.8, 4) is 11.5 Å². The first-order valence-electron chi connectivity index (χ1n) is 9.77. The number of ether oxygens (including phenoxy) is 2. The second kappa shape index (κ2) is 10.5. The SMILES string of the molecule is C=CCN1C(=O)C(=Cc2ccc(OCCCOc3cccc(C)c3C)cc2)SC1=S. The van der Waals surface area contributed by atoms with Crippen molar-refractivity contribution < 1.29 is 14.3 Å². The molecule has 0 unspecified atom stereocenters. The molecule has 1 amide bonds. The van der Waals surface area contributed by atoms with Gasteiger partial charge < -0.3 is 9.47 Å². The van der Waals surface area contributed by atoms with Gasteiger partial charge in [0.1, 0.15) is 15.8 Å². The molecule has 1 saturated heterocycles. The van der Waals surface area contributed by atoms with Crippen LogP contribution in [0.2, 0.25) is 0 Å². The first-order valence-corrected chi connectivity index (χ1v) is 11.0. The lowest BCUT2D eigenvalue weighted by Gasteiger charge is -2.11. The summed E-state index contributed by atoms with van der Waals surface area (Å²) >= 11 is 6.58. The average Bonchev–Trinajstić information content (AvgIpc) is 2.99. The normalized spacial score (nSPS) is 15.0. The van der Waals surface area contributed by atoms with Gasteiger partial charge in [-0.25, -0.2) is 0 Å². The third kappa shape index (κ3) is 5.52. The molecule has 156 valence electrons. The number of aryl methyl sites for hydroxylation is 1. The van der Waals surface area contributed by atoms with Gasteiger partial charge in [0.2, 0.25) is 0 Å². The van der Waals surface area contributed by atoms with Gasteiger partial charge in [-0.05, 0) is 54.8 Å². The van der Waals surface area contributed by atoms with Crippen LogP contribution >= 0.6 is 24.0 Å². The van der Waals surface area contributed by atoms with E-state index in [1.807, 2.05) is 42.5 Å². The molecule has 0 radical (unpaired) electrons. The van der Waals surface area contributed by atoms with Crippen LogP contribution in [0.1, 0.15) is 23.1 Å². The van der Waals surface area contributed by atoms with E-state index < -0.39 is 0 Å². The summed E-state index contributed by atoms with van der Waals surface area (Å²) in [6, 6.07) is 13.8. The summed E-state index contributed by atoms with van der Waals surface area (Å²) in [7, 11) is 0. The quantitative estimate of drug-likeness (QED) is 0.222. The molecule has 0 N–H and O–H groups in total. The Morgan fingerprint density at radius 1 is 1.10 bits per heavy atom. The van der Waals surface area contributed by atoms with Crippen molar-refractivity contribution in [3.05, 3.63) is 76.7 Å². The maximum atomic E-state index is 12.4. The molecule has 30 heavy (non-hydrogen) atoms. The summed E-state index contributed by atoms with van der Waals surface area (Å²) in [4.78, 5) is 14.6. The highest BCUT2D eigenvalue weighted by Gasteiger charge is 2.30. The molecule has 2 aromatic carbocycles. The average molecular weight is 440 g/mol. The van der Waals surface area contributed by atoms with Crippen LogP contribution in [0.4, 0.5) is 0 Å². The molecular weight excluding hydrogens is 414 g/mol. The van der Waals surface area contributed by atoms with E-state index in [0.29, 0.717) is 29.0 Å². The van der Waals surface area contributed by atoms with Gasteiger partial charge in [-0.3, -0.25) is 9.69 Å². The zero-order valence-electron chi connectivity index (χ0n) is 17.2. The number of hydrogen-bond donors (Lipinski definition) is 0. The maximum absolute atomic E-state index is 12.4. The molecule has 6 heteroatoms. The first-order chi connectivity index (χ1) is 14.5. The number of amides is 1. The topological polar surface area (TPSA) is 38.8 Å². The van der Waals surface area contributed by atoms with Crippen LogP contribution in [0.25, 0.3) is 6.08 Å². The zero-order valence-corrected chi connectivity index (χ0v) is 18.9. The Labute approximate surface area is 187 Å². The maximum Gasteiger partial charge on any atom is 0.266 e. The number of carbonyl (C=O) groups excluding carboxylic acids is 1. The van der Waals surface area contributed by atoms with E-state index in [-0.39, 0.29) is 5.91 Å². The van der Waals surface area contributed by atoms with Crippen molar-refractivity contribution >= 4 is 40.3 Å². The molecular formula is C24H25NO3S2. The minimum Gasteiger partial charge on any atom is -0.493 e. The lowest BCUT2D eigenvalue weighted by atomic mass is 10.1. The van der Waals surface area contributed by atoms with Gasteiger partial charge >= 0.3 is 0 Å². The number of thiocarbonyl (C=S) groups is 1. The van der Waals surface area contributed by atoms with Gasteiger partial charge in [-0.15, -0.1) is 6.58 Å². The van der Waals surface area contributed by atoms with Crippen LogP contribution in [-0.2, 0) is 4.79 Å². The summed E-state index contributed by atoms with van der Waals surface area (Å²) in [5, 5.41) is 0. The molecule has 2 aromatic rings. The zero-order chi connectivity index (χ0) is 21.5. The predicted molar refractivity (Wildman–Crippen MR) is 128 cm³/mol. The van der Waals surface area contributed by atoms with Gasteiger partial charge in [0.15, 0.2) is 0 Å². The highest BCUT2D eigenvalue weighted by molar-refractivity contribution is 8.26. The van der Waals surface area contributed by atoms with E-state index in [9.17, 15) is 4.79 Å². The molecule has 4 nitrogen and oxygen atoms in total. The Hall–Kier alpha value is -2.57. The highest BCUT2D eigenvalue weighted by atomic mass is 32.2. The summed E-state index contributed by atoms with van der Waals surface area (Å²) in [6.07, 6.45) is 4.32. The fraction of sp³-hybridized carbons (Fsp3) is 0.250. The van der Waals surface area contributed by atoms with Gasteiger partial charge in [-0.2, -0.15) is 0 Å². The summed E-state index contributed by atoms with van der Waals surface area (Å²) in [5.41, 5.74) is 3.34. The Morgan fingerprint density at radius 3 is 2.57 bits per heavy atom. The van der Waals surface area contributed by atoms with E-state index in [2.05, 4.69) is 26.5 Å². The second-order valence-corrected chi connectivity index (χ2v) is 8.57. The number of nitrogens with zero attached hydrogens (tertiary/aromatic N) is 1. The number of benzene rings is 2. The monoisotopic (exact) mass is 439 g/mol. The number of rotatable bonds is 9. The fourth-order valence-corrected chi connectivity index (χ4v) is 4.18. The summed E-state index contributed by atoms with van der Waals surface area (Å²) in [5.74, 6) is 1.64. The molecule has 0 saturated carbocycles. The standard InChI is InChI=1S/C24H25NO3S2/c1-4-13-25-23(26)22(30-24(25)29)16-19-9-11-20(12-10-19)27-14-6-15-28-21-8-5-7-17(2)18(21)3/h4-5,7-12,16H,1,6,13-15H2,2-3H3. The lowest BCUT2D eigenvalue weighted by molar-refractivity contribution is -0.121. The molecule has 1 fully saturated rings. The van der Waals surface area contributed by atoms with Crippen LogP contribution in [-0.4, -0.2) is 34.9 Å². The Bertz CT molecular complexity index is 967. The number of thioether (sulfide) groups is 1. The van der Waals surface area contributed by atoms with Crippen molar-refractivity contribution in [2.45, 2.75) is 20.3 Å². The van der Waals surface area contributed by atoms with Gasteiger partial charge in [0.05, 0.1) is 18.1 Å². The molecule has 0 aliphatic carbocycles.